The summed E-state index contributed by atoms with van der Waals surface area (Å²) in [7, 11) is 0. The van der Waals surface area contributed by atoms with Crippen molar-refractivity contribution in [1.29, 1.82) is 0 Å². The van der Waals surface area contributed by atoms with Crippen molar-refractivity contribution in [3.05, 3.63) is 10.6 Å². The van der Waals surface area contributed by atoms with Crippen LogP contribution in [0.4, 0.5) is 0 Å². The molecule has 0 aromatic carbocycles. The summed E-state index contributed by atoms with van der Waals surface area (Å²) in [6.45, 7) is 9.79. The lowest BCUT2D eigenvalue weighted by Crippen LogP contribution is -2.25. The van der Waals surface area contributed by atoms with E-state index in [0.29, 0.717) is 12.0 Å². The zero-order valence-corrected chi connectivity index (χ0v) is 10.9. The normalized spacial score (nSPS) is 13.4. The highest BCUT2D eigenvalue weighted by Crippen LogP contribution is 2.27. The molecule has 0 fully saturated rings. The molecule has 15 heavy (non-hydrogen) atoms. The fourth-order valence-electron chi connectivity index (χ4n) is 1.71. The molecule has 86 valence electrons. The first-order valence-electron chi connectivity index (χ1n) is 5.75. The van der Waals surface area contributed by atoms with Gasteiger partial charge in [-0.3, -0.25) is 0 Å². The van der Waals surface area contributed by atoms with Crippen molar-refractivity contribution in [1.82, 2.24) is 14.9 Å². The van der Waals surface area contributed by atoms with Crippen LogP contribution in [0.5, 0.6) is 0 Å². The molecule has 1 N–H and O–H groups in total. The van der Waals surface area contributed by atoms with Crippen molar-refractivity contribution in [3.8, 4) is 0 Å². The van der Waals surface area contributed by atoms with Crippen molar-refractivity contribution in [3.63, 3.8) is 0 Å². The van der Waals surface area contributed by atoms with Crippen LogP contribution < -0.4 is 5.32 Å². The molecule has 0 bridgehead atoms. The minimum absolute atomic E-state index is 0.413. The van der Waals surface area contributed by atoms with Gasteiger partial charge in [0.2, 0.25) is 0 Å². The average molecular weight is 227 g/mol. The molecule has 1 aromatic heterocycles. The van der Waals surface area contributed by atoms with Crippen LogP contribution in [0.2, 0.25) is 0 Å². The van der Waals surface area contributed by atoms with Crippen LogP contribution in [-0.2, 0) is 6.42 Å². The Bertz CT molecular complexity index is 283. The second-order valence-electron chi connectivity index (χ2n) is 4.11. The smallest absolute Gasteiger partial charge is 0.0803 e. The molecule has 0 spiro atoms. The Kier molecular flexibility index (Phi) is 5.19. The molecule has 1 unspecified atom stereocenters. The maximum Gasteiger partial charge on any atom is 0.0803 e. The minimum atomic E-state index is 0.413. The lowest BCUT2D eigenvalue weighted by molar-refractivity contribution is 0.424. The number of hydrogen-bond acceptors (Lipinski definition) is 4. The predicted molar refractivity (Wildman–Crippen MR) is 65.2 cm³/mol. The van der Waals surface area contributed by atoms with Crippen LogP contribution in [0.15, 0.2) is 0 Å². The first-order valence-corrected chi connectivity index (χ1v) is 6.52. The Hall–Kier alpha value is -0.480. The van der Waals surface area contributed by atoms with Gasteiger partial charge in [-0.05, 0) is 30.4 Å². The second kappa shape index (κ2) is 6.18. The molecule has 1 heterocycles. The Labute approximate surface area is 96.5 Å². The number of rotatable bonds is 6. The number of hydrogen-bond donors (Lipinski definition) is 1. The molecule has 4 heteroatoms. The monoisotopic (exact) mass is 227 g/mol. The molecule has 1 aromatic rings. The first-order chi connectivity index (χ1) is 7.20. The van der Waals surface area contributed by atoms with Crippen molar-refractivity contribution in [2.45, 2.75) is 46.6 Å². The third-order valence-corrected chi connectivity index (χ3v) is 3.29. The van der Waals surface area contributed by atoms with Crippen molar-refractivity contribution >= 4 is 11.5 Å². The molecule has 0 aliphatic heterocycles. The standard InChI is InChI=1S/C11H21N3S/c1-5-7-9-11(15-14-13-9)10(8(3)4)12-6-2/h8,10,12H,5-7H2,1-4H3. The second-order valence-corrected chi connectivity index (χ2v) is 4.90. The van der Waals surface area contributed by atoms with Gasteiger partial charge in [0.25, 0.3) is 0 Å². The summed E-state index contributed by atoms with van der Waals surface area (Å²) in [5.74, 6) is 0.586. The first kappa shape index (κ1) is 12.6. The van der Waals surface area contributed by atoms with Crippen LogP contribution >= 0.6 is 11.5 Å². The molecule has 0 saturated carbocycles. The molecule has 0 radical (unpaired) electrons. The molecular formula is C11H21N3S. The highest BCUT2D eigenvalue weighted by atomic mass is 32.1. The van der Waals surface area contributed by atoms with E-state index < -0.39 is 0 Å². The maximum atomic E-state index is 4.22. The summed E-state index contributed by atoms with van der Waals surface area (Å²) in [6.07, 6.45) is 2.18. The number of nitrogens with zero attached hydrogens (tertiary/aromatic N) is 2. The topological polar surface area (TPSA) is 37.8 Å². The van der Waals surface area contributed by atoms with E-state index in [1.165, 1.54) is 10.6 Å². The summed E-state index contributed by atoms with van der Waals surface area (Å²) in [5, 5.41) is 7.73. The van der Waals surface area contributed by atoms with E-state index >= 15 is 0 Å². The van der Waals surface area contributed by atoms with Crippen LogP contribution in [-0.4, -0.2) is 16.1 Å². The summed E-state index contributed by atoms with van der Waals surface area (Å²) >= 11 is 1.54. The van der Waals surface area contributed by atoms with E-state index in [1.54, 1.807) is 11.5 Å². The van der Waals surface area contributed by atoms with Gasteiger partial charge in [0.05, 0.1) is 10.6 Å². The molecular weight excluding hydrogens is 206 g/mol. The molecule has 0 aliphatic carbocycles. The van der Waals surface area contributed by atoms with E-state index in [2.05, 4.69) is 42.6 Å². The molecule has 0 saturated heterocycles. The van der Waals surface area contributed by atoms with Crippen LogP contribution in [0.3, 0.4) is 0 Å². The Morgan fingerprint density at radius 3 is 2.60 bits per heavy atom. The minimum Gasteiger partial charge on any atom is -0.309 e. The largest absolute Gasteiger partial charge is 0.309 e. The summed E-state index contributed by atoms with van der Waals surface area (Å²) < 4.78 is 4.08. The number of nitrogens with one attached hydrogen (secondary N) is 1. The number of aryl methyl sites for hydroxylation is 1. The zero-order chi connectivity index (χ0) is 11.3. The molecule has 0 amide bonds. The third-order valence-electron chi connectivity index (χ3n) is 2.45. The van der Waals surface area contributed by atoms with Gasteiger partial charge in [-0.25, -0.2) is 0 Å². The Balaban J connectivity index is 2.84. The quantitative estimate of drug-likeness (QED) is 0.812. The average Bonchev–Trinajstić information content (AvgIpc) is 2.62. The third kappa shape index (κ3) is 3.24. The van der Waals surface area contributed by atoms with Crippen molar-refractivity contribution in [2.75, 3.05) is 6.54 Å². The van der Waals surface area contributed by atoms with Gasteiger partial charge in [0.1, 0.15) is 0 Å². The lowest BCUT2D eigenvalue weighted by Gasteiger charge is -2.20. The van der Waals surface area contributed by atoms with E-state index in [1.807, 2.05) is 0 Å². The number of aromatic nitrogens is 2. The maximum absolute atomic E-state index is 4.22. The Morgan fingerprint density at radius 1 is 1.33 bits per heavy atom. The van der Waals surface area contributed by atoms with Gasteiger partial charge in [0.15, 0.2) is 0 Å². The molecule has 1 rings (SSSR count). The van der Waals surface area contributed by atoms with Gasteiger partial charge >= 0.3 is 0 Å². The lowest BCUT2D eigenvalue weighted by atomic mass is 10.0. The van der Waals surface area contributed by atoms with Crippen molar-refractivity contribution in [2.24, 2.45) is 5.92 Å². The predicted octanol–water partition coefficient (Wildman–Crippen LogP) is 2.80. The summed E-state index contributed by atoms with van der Waals surface area (Å²) in [4.78, 5) is 1.33. The molecule has 1 atom stereocenters. The summed E-state index contributed by atoms with van der Waals surface area (Å²) in [6, 6.07) is 0.413. The fraction of sp³-hybridized carbons (Fsp3) is 0.818. The molecule has 0 aliphatic rings. The van der Waals surface area contributed by atoms with E-state index in [9.17, 15) is 0 Å². The van der Waals surface area contributed by atoms with E-state index in [0.717, 1.165) is 19.4 Å². The van der Waals surface area contributed by atoms with Crippen LogP contribution in [0, 0.1) is 5.92 Å². The van der Waals surface area contributed by atoms with Gasteiger partial charge in [0, 0.05) is 6.04 Å². The van der Waals surface area contributed by atoms with Crippen molar-refractivity contribution < 1.29 is 0 Å². The van der Waals surface area contributed by atoms with Crippen LogP contribution in [0.1, 0.15) is 50.7 Å². The van der Waals surface area contributed by atoms with Crippen LogP contribution in [0.25, 0.3) is 0 Å². The fourth-order valence-corrected chi connectivity index (χ4v) is 2.66. The zero-order valence-electron chi connectivity index (χ0n) is 10.1. The SMILES string of the molecule is CCCc1nnsc1C(NCC)C(C)C. The van der Waals surface area contributed by atoms with Gasteiger partial charge in [-0.15, -0.1) is 5.10 Å². The highest BCUT2D eigenvalue weighted by molar-refractivity contribution is 7.05. The highest BCUT2D eigenvalue weighted by Gasteiger charge is 2.20. The van der Waals surface area contributed by atoms with E-state index in [4.69, 9.17) is 0 Å². The molecule has 3 nitrogen and oxygen atoms in total. The van der Waals surface area contributed by atoms with Gasteiger partial charge in [-0.2, -0.15) is 0 Å². The van der Waals surface area contributed by atoms with E-state index in [-0.39, 0.29) is 0 Å². The van der Waals surface area contributed by atoms with Gasteiger partial charge in [-0.1, -0.05) is 38.6 Å². The Morgan fingerprint density at radius 2 is 2.07 bits per heavy atom. The van der Waals surface area contributed by atoms with Gasteiger partial charge < -0.3 is 5.32 Å². The summed E-state index contributed by atoms with van der Waals surface area (Å²) in [5.41, 5.74) is 1.18.